The van der Waals surface area contributed by atoms with E-state index in [2.05, 4.69) is 40.3 Å². The molecule has 1 aliphatic rings. The molecule has 1 amide bonds. The van der Waals surface area contributed by atoms with E-state index < -0.39 is 0 Å². The maximum Gasteiger partial charge on any atom is 0.291 e. The zero-order valence-corrected chi connectivity index (χ0v) is 16.9. The third-order valence-electron chi connectivity index (χ3n) is 5.20. The van der Waals surface area contributed by atoms with Crippen molar-refractivity contribution >= 4 is 22.2 Å². The summed E-state index contributed by atoms with van der Waals surface area (Å²) in [6.45, 7) is 4.28. The average Bonchev–Trinajstić information content (AvgIpc) is 3.41. The first-order valence-corrected chi connectivity index (χ1v) is 10.7. The Labute approximate surface area is 169 Å². The standard InChI is InChI=1S/C22H25N3O2S/c1-2-17-15-18(22(28-17)24-21(26)19-7-6-14-27-19)20(16-8-10-23-11-9-16)25-12-4-3-5-13-25/h6-11,14-15,20H,2-5,12-13H2,1H3,(H,24,26)/t20-/m0/s1. The van der Waals surface area contributed by atoms with Gasteiger partial charge in [-0.1, -0.05) is 13.3 Å². The van der Waals surface area contributed by atoms with E-state index in [1.54, 1.807) is 23.5 Å². The maximum absolute atomic E-state index is 12.6. The summed E-state index contributed by atoms with van der Waals surface area (Å²) in [5.41, 5.74) is 2.38. The van der Waals surface area contributed by atoms with Crippen molar-refractivity contribution in [3.63, 3.8) is 0 Å². The molecule has 4 rings (SSSR count). The zero-order valence-electron chi connectivity index (χ0n) is 16.1. The van der Waals surface area contributed by atoms with E-state index in [-0.39, 0.29) is 11.9 Å². The number of nitrogens with one attached hydrogen (secondary N) is 1. The van der Waals surface area contributed by atoms with Crippen molar-refractivity contribution in [3.05, 3.63) is 70.8 Å². The molecule has 1 saturated heterocycles. The minimum atomic E-state index is -0.206. The summed E-state index contributed by atoms with van der Waals surface area (Å²) in [6, 6.07) is 9.96. The van der Waals surface area contributed by atoms with Crippen molar-refractivity contribution in [2.75, 3.05) is 18.4 Å². The van der Waals surface area contributed by atoms with Gasteiger partial charge in [-0.15, -0.1) is 11.3 Å². The molecule has 1 atom stereocenters. The molecule has 0 spiro atoms. The van der Waals surface area contributed by atoms with E-state index >= 15 is 0 Å². The van der Waals surface area contributed by atoms with Crippen LogP contribution in [-0.4, -0.2) is 28.9 Å². The van der Waals surface area contributed by atoms with Gasteiger partial charge in [0.2, 0.25) is 0 Å². The first-order valence-electron chi connectivity index (χ1n) is 9.87. The minimum absolute atomic E-state index is 0.117. The first-order chi connectivity index (χ1) is 13.8. The van der Waals surface area contributed by atoms with E-state index in [9.17, 15) is 4.79 Å². The predicted octanol–water partition coefficient (Wildman–Crippen LogP) is 5.13. The monoisotopic (exact) mass is 395 g/mol. The molecule has 3 aromatic rings. The number of aryl methyl sites for hydroxylation is 1. The lowest BCUT2D eigenvalue weighted by molar-refractivity contribution is 0.0996. The Balaban J connectivity index is 1.72. The molecular weight excluding hydrogens is 370 g/mol. The van der Waals surface area contributed by atoms with Crippen LogP contribution in [0.4, 0.5) is 5.00 Å². The number of hydrogen-bond acceptors (Lipinski definition) is 5. The molecule has 1 aliphatic heterocycles. The lowest BCUT2D eigenvalue weighted by Gasteiger charge is -2.35. The maximum atomic E-state index is 12.6. The molecule has 6 heteroatoms. The third-order valence-corrected chi connectivity index (χ3v) is 6.42. The molecular formula is C22H25N3O2S. The van der Waals surface area contributed by atoms with Gasteiger partial charge in [-0.3, -0.25) is 14.7 Å². The topological polar surface area (TPSA) is 58.4 Å². The van der Waals surface area contributed by atoms with Crippen LogP contribution in [0.5, 0.6) is 0 Å². The summed E-state index contributed by atoms with van der Waals surface area (Å²) in [4.78, 5) is 20.6. The van der Waals surface area contributed by atoms with Gasteiger partial charge in [0.1, 0.15) is 5.00 Å². The number of pyridine rings is 1. The van der Waals surface area contributed by atoms with Crippen LogP contribution < -0.4 is 5.32 Å². The summed E-state index contributed by atoms with van der Waals surface area (Å²) in [5, 5.41) is 4.01. The number of rotatable bonds is 6. The highest BCUT2D eigenvalue weighted by atomic mass is 32.1. The molecule has 1 N–H and O–H groups in total. The third kappa shape index (κ3) is 4.03. The molecule has 1 fully saturated rings. The fourth-order valence-electron chi connectivity index (χ4n) is 3.82. The van der Waals surface area contributed by atoms with Crippen LogP contribution >= 0.6 is 11.3 Å². The second-order valence-corrected chi connectivity index (χ2v) is 8.20. The normalized spacial score (nSPS) is 16.0. The number of anilines is 1. The molecule has 3 aromatic heterocycles. The van der Waals surface area contributed by atoms with Gasteiger partial charge < -0.3 is 9.73 Å². The van der Waals surface area contributed by atoms with Crippen molar-refractivity contribution in [2.45, 2.75) is 38.6 Å². The van der Waals surface area contributed by atoms with E-state index in [4.69, 9.17) is 4.42 Å². The van der Waals surface area contributed by atoms with Gasteiger partial charge >= 0.3 is 0 Å². The molecule has 0 bridgehead atoms. The summed E-state index contributed by atoms with van der Waals surface area (Å²) < 4.78 is 5.28. The first kappa shape index (κ1) is 18.9. The van der Waals surface area contributed by atoms with Crippen LogP contribution in [0.3, 0.4) is 0 Å². The van der Waals surface area contributed by atoms with Crippen LogP contribution in [0.1, 0.15) is 58.8 Å². The molecule has 146 valence electrons. The molecule has 4 heterocycles. The fourth-order valence-corrected chi connectivity index (χ4v) is 4.84. The number of carbonyl (C=O) groups excluding carboxylic acids is 1. The Bertz CT molecular complexity index is 899. The number of nitrogens with zero attached hydrogens (tertiary/aromatic N) is 2. The predicted molar refractivity (Wildman–Crippen MR) is 112 cm³/mol. The summed E-state index contributed by atoms with van der Waals surface area (Å²) >= 11 is 1.66. The second-order valence-electron chi connectivity index (χ2n) is 7.06. The Morgan fingerprint density at radius 2 is 2.04 bits per heavy atom. The SMILES string of the molecule is CCc1cc([C@H](c2ccncc2)N2CCCCC2)c(NC(=O)c2ccco2)s1. The summed E-state index contributed by atoms with van der Waals surface area (Å²) in [7, 11) is 0. The minimum Gasteiger partial charge on any atom is -0.459 e. The number of likely N-dealkylation sites (tertiary alicyclic amines) is 1. The number of aromatic nitrogens is 1. The number of thiophene rings is 1. The number of piperidine rings is 1. The van der Waals surface area contributed by atoms with Gasteiger partial charge in [0.15, 0.2) is 5.76 Å². The van der Waals surface area contributed by atoms with Crippen molar-refractivity contribution in [1.29, 1.82) is 0 Å². The number of carbonyl (C=O) groups is 1. The van der Waals surface area contributed by atoms with Crippen LogP contribution in [0.2, 0.25) is 0 Å². The van der Waals surface area contributed by atoms with Gasteiger partial charge in [-0.05, 0) is 68.2 Å². The highest BCUT2D eigenvalue weighted by molar-refractivity contribution is 7.16. The highest BCUT2D eigenvalue weighted by Gasteiger charge is 2.28. The quantitative estimate of drug-likeness (QED) is 0.629. The van der Waals surface area contributed by atoms with Crippen molar-refractivity contribution in [3.8, 4) is 0 Å². The number of hydrogen-bond donors (Lipinski definition) is 1. The van der Waals surface area contributed by atoms with Gasteiger partial charge in [-0.2, -0.15) is 0 Å². The smallest absolute Gasteiger partial charge is 0.291 e. The fraction of sp³-hybridized carbons (Fsp3) is 0.364. The van der Waals surface area contributed by atoms with E-state index in [0.717, 1.165) is 30.1 Å². The lowest BCUT2D eigenvalue weighted by Crippen LogP contribution is -2.34. The van der Waals surface area contributed by atoms with Crippen LogP contribution in [0.25, 0.3) is 0 Å². The number of furan rings is 1. The van der Waals surface area contributed by atoms with Crippen molar-refractivity contribution in [2.24, 2.45) is 0 Å². The zero-order chi connectivity index (χ0) is 19.3. The average molecular weight is 396 g/mol. The van der Waals surface area contributed by atoms with E-state index in [1.165, 1.54) is 36.0 Å². The Kier molecular flexibility index (Phi) is 5.88. The second kappa shape index (κ2) is 8.71. The van der Waals surface area contributed by atoms with Gasteiger partial charge in [0.25, 0.3) is 5.91 Å². The Hall–Kier alpha value is -2.44. The largest absolute Gasteiger partial charge is 0.459 e. The summed E-state index contributed by atoms with van der Waals surface area (Å²) in [5.74, 6) is 0.124. The summed E-state index contributed by atoms with van der Waals surface area (Å²) in [6.07, 6.45) is 9.86. The van der Waals surface area contributed by atoms with E-state index in [1.807, 2.05) is 12.4 Å². The van der Waals surface area contributed by atoms with Crippen LogP contribution in [0, 0.1) is 0 Å². The van der Waals surface area contributed by atoms with E-state index in [0.29, 0.717) is 5.76 Å². The van der Waals surface area contributed by atoms with Gasteiger partial charge in [0.05, 0.1) is 12.3 Å². The van der Waals surface area contributed by atoms with Gasteiger partial charge in [-0.25, -0.2) is 0 Å². The molecule has 28 heavy (non-hydrogen) atoms. The molecule has 0 unspecified atom stereocenters. The Morgan fingerprint density at radius 1 is 1.25 bits per heavy atom. The van der Waals surface area contributed by atoms with Gasteiger partial charge in [0, 0.05) is 22.8 Å². The highest BCUT2D eigenvalue weighted by Crippen LogP contribution is 2.40. The van der Waals surface area contributed by atoms with Crippen LogP contribution in [0.15, 0.2) is 53.4 Å². The Morgan fingerprint density at radius 3 is 2.71 bits per heavy atom. The molecule has 0 aromatic carbocycles. The lowest BCUT2D eigenvalue weighted by atomic mass is 9.96. The van der Waals surface area contributed by atoms with Crippen molar-refractivity contribution < 1.29 is 9.21 Å². The van der Waals surface area contributed by atoms with Crippen molar-refractivity contribution in [1.82, 2.24) is 9.88 Å². The van der Waals surface area contributed by atoms with Crippen LogP contribution in [-0.2, 0) is 6.42 Å². The molecule has 0 aliphatic carbocycles. The number of amides is 1. The molecule has 5 nitrogen and oxygen atoms in total. The molecule has 0 radical (unpaired) electrons. The molecule has 0 saturated carbocycles.